The van der Waals surface area contributed by atoms with Crippen molar-refractivity contribution in [3.8, 4) is 5.75 Å². The lowest BCUT2D eigenvalue weighted by Crippen LogP contribution is -2.36. The largest absolute Gasteiger partial charge is 0.496 e. The van der Waals surface area contributed by atoms with Gasteiger partial charge in [0.2, 0.25) is 0 Å². The first-order valence-electron chi connectivity index (χ1n) is 11.2. The van der Waals surface area contributed by atoms with E-state index in [9.17, 15) is 9.59 Å². The molecule has 1 N–H and O–H groups in total. The highest BCUT2D eigenvalue weighted by atomic mass is 35.5. The highest BCUT2D eigenvalue weighted by molar-refractivity contribution is 6.30. The number of H-pyrrole nitrogens is 1. The van der Waals surface area contributed by atoms with E-state index in [1.165, 1.54) is 4.57 Å². The molecule has 6 nitrogen and oxygen atoms in total. The van der Waals surface area contributed by atoms with Crippen LogP contribution < -0.4 is 16.0 Å². The van der Waals surface area contributed by atoms with Gasteiger partial charge in [-0.3, -0.25) is 9.36 Å². The standard InChI is InChI=1S/C27H27ClN2O4/c1-18-15-23-24(22(25(18)33-2)16-19-9-11-21(28)12-10-19)26(31)30(27(32)29-23)13-6-14-34-17-20-7-4-3-5-8-20/h3-5,7-12,15H,6,13-14,16-17H2,1-2H3,(H,29,32). The Kier molecular flexibility index (Phi) is 7.50. The SMILES string of the molecule is COc1c(C)cc2[nH]c(=O)n(CCCOCc3ccccc3)c(=O)c2c1Cc1ccc(Cl)cc1. The van der Waals surface area contributed by atoms with Crippen molar-refractivity contribution in [2.24, 2.45) is 0 Å². The third-order valence-corrected chi connectivity index (χ3v) is 6.04. The molecule has 0 aliphatic rings. The van der Waals surface area contributed by atoms with Crippen molar-refractivity contribution in [1.29, 1.82) is 0 Å². The second-order valence-electron chi connectivity index (χ2n) is 8.21. The van der Waals surface area contributed by atoms with Gasteiger partial charge in [-0.05, 0) is 48.2 Å². The van der Waals surface area contributed by atoms with E-state index in [-0.39, 0.29) is 12.1 Å². The molecular formula is C27H27ClN2O4. The molecule has 0 saturated carbocycles. The molecule has 0 fully saturated rings. The van der Waals surface area contributed by atoms with E-state index in [0.29, 0.717) is 47.7 Å². The molecule has 0 spiro atoms. The van der Waals surface area contributed by atoms with Gasteiger partial charge in [-0.15, -0.1) is 0 Å². The number of methoxy groups -OCH3 is 1. The first kappa shape index (κ1) is 23.8. The number of aromatic amines is 1. The molecule has 0 aliphatic heterocycles. The van der Waals surface area contributed by atoms with Crippen LogP contribution in [0.25, 0.3) is 10.9 Å². The second-order valence-corrected chi connectivity index (χ2v) is 8.65. The summed E-state index contributed by atoms with van der Waals surface area (Å²) >= 11 is 6.03. The molecule has 0 atom stereocenters. The number of fused-ring (bicyclic) bond motifs is 1. The number of hydrogen-bond acceptors (Lipinski definition) is 4. The molecule has 0 amide bonds. The number of rotatable bonds is 9. The molecule has 4 aromatic rings. The summed E-state index contributed by atoms with van der Waals surface area (Å²) in [4.78, 5) is 29.1. The Morgan fingerprint density at radius 1 is 1.00 bits per heavy atom. The summed E-state index contributed by atoms with van der Waals surface area (Å²) in [5.41, 5.74) is 3.41. The maximum absolute atomic E-state index is 13.5. The van der Waals surface area contributed by atoms with E-state index < -0.39 is 5.69 Å². The third kappa shape index (κ3) is 5.24. The highest BCUT2D eigenvalue weighted by Crippen LogP contribution is 2.31. The van der Waals surface area contributed by atoms with E-state index in [2.05, 4.69) is 4.98 Å². The van der Waals surface area contributed by atoms with Crippen LogP contribution in [-0.2, 0) is 24.3 Å². The maximum atomic E-state index is 13.5. The lowest BCUT2D eigenvalue weighted by atomic mass is 9.97. The number of benzene rings is 3. The lowest BCUT2D eigenvalue weighted by molar-refractivity contribution is 0.115. The fourth-order valence-electron chi connectivity index (χ4n) is 4.17. The van der Waals surface area contributed by atoms with Gasteiger partial charge in [-0.1, -0.05) is 54.1 Å². The van der Waals surface area contributed by atoms with Crippen molar-refractivity contribution >= 4 is 22.5 Å². The molecular weight excluding hydrogens is 452 g/mol. The van der Waals surface area contributed by atoms with E-state index in [1.54, 1.807) is 13.2 Å². The zero-order valence-corrected chi connectivity index (χ0v) is 20.0. The van der Waals surface area contributed by atoms with Crippen LogP contribution >= 0.6 is 11.6 Å². The molecule has 1 heterocycles. The van der Waals surface area contributed by atoms with Gasteiger partial charge in [-0.2, -0.15) is 0 Å². The van der Waals surface area contributed by atoms with Crippen molar-refractivity contribution < 1.29 is 9.47 Å². The smallest absolute Gasteiger partial charge is 0.328 e. The Labute approximate surface area is 202 Å². The van der Waals surface area contributed by atoms with Gasteiger partial charge in [0.25, 0.3) is 5.56 Å². The normalized spacial score (nSPS) is 11.1. The Morgan fingerprint density at radius 3 is 2.44 bits per heavy atom. The summed E-state index contributed by atoms with van der Waals surface area (Å²) in [6.45, 7) is 3.09. The number of hydrogen-bond donors (Lipinski definition) is 1. The first-order valence-corrected chi connectivity index (χ1v) is 11.5. The van der Waals surface area contributed by atoms with Crippen molar-refractivity contribution in [2.75, 3.05) is 13.7 Å². The minimum Gasteiger partial charge on any atom is -0.496 e. The van der Waals surface area contributed by atoms with Crippen LogP contribution in [0.5, 0.6) is 5.75 Å². The minimum absolute atomic E-state index is 0.259. The van der Waals surface area contributed by atoms with Crippen LogP contribution in [0, 0.1) is 6.92 Å². The molecule has 7 heteroatoms. The van der Waals surface area contributed by atoms with Crippen LogP contribution in [0.2, 0.25) is 5.02 Å². The van der Waals surface area contributed by atoms with Crippen LogP contribution in [0.15, 0.2) is 70.3 Å². The lowest BCUT2D eigenvalue weighted by Gasteiger charge is -2.16. The van der Waals surface area contributed by atoms with Crippen molar-refractivity contribution in [1.82, 2.24) is 9.55 Å². The van der Waals surface area contributed by atoms with E-state index in [4.69, 9.17) is 21.1 Å². The van der Waals surface area contributed by atoms with Gasteiger partial charge in [0.05, 0.1) is 24.6 Å². The van der Waals surface area contributed by atoms with Crippen LogP contribution in [0.1, 0.15) is 28.7 Å². The van der Waals surface area contributed by atoms with E-state index in [0.717, 1.165) is 22.3 Å². The number of aryl methyl sites for hydroxylation is 1. The molecule has 176 valence electrons. The third-order valence-electron chi connectivity index (χ3n) is 5.79. The summed E-state index contributed by atoms with van der Waals surface area (Å²) in [7, 11) is 1.59. The number of halogens is 1. The van der Waals surface area contributed by atoms with Gasteiger partial charge >= 0.3 is 5.69 Å². The molecule has 0 aliphatic carbocycles. The van der Waals surface area contributed by atoms with Gasteiger partial charge in [0.1, 0.15) is 5.75 Å². The maximum Gasteiger partial charge on any atom is 0.328 e. The van der Waals surface area contributed by atoms with Crippen LogP contribution in [-0.4, -0.2) is 23.3 Å². The molecule has 0 saturated heterocycles. The van der Waals surface area contributed by atoms with Gasteiger partial charge in [0, 0.05) is 30.2 Å². The fraction of sp³-hybridized carbons (Fsp3) is 0.259. The van der Waals surface area contributed by atoms with E-state index >= 15 is 0 Å². The summed E-state index contributed by atoms with van der Waals surface area (Å²) in [5.74, 6) is 0.643. The second kappa shape index (κ2) is 10.7. The number of nitrogens with one attached hydrogen (secondary N) is 1. The van der Waals surface area contributed by atoms with Gasteiger partial charge < -0.3 is 14.5 Å². The average molecular weight is 479 g/mol. The van der Waals surface area contributed by atoms with Gasteiger partial charge in [-0.25, -0.2) is 4.79 Å². The molecule has 3 aromatic carbocycles. The van der Waals surface area contributed by atoms with Crippen molar-refractivity contribution in [3.63, 3.8) is 0 Å². The minimum atomic E-state index is -0.428. The highest BCUT2D eigenvalue weighted by Gasteiger charge is 2.18. The van der Waals surface area contributed by atoms with Crippen molar-refractivity contribution in [2.45, 2.75) is 32.9 Å². The summed E-state index contributed by atoms with van der Waals surface area (Å²) in [6, 6.07) is 19.1. The van der Waals surface area contributed by atoms with Gasteiger partial charge in [0.15, 0.2) is 0 Å². The van der Waals surface area contributed by atoms with E-state index in [1.807, 2.05) is 61.5 Å². The Balaban J connectivity index is 1.63. The Bertz CT molecular complexity index is 1390. The topological polar surface area (TPSA) is 73.3 Å². The molecule has 0 bridgehead atoms. The molecule has 1 aromatic heterocycles. The number of aromatic nitrogens is 2. The molecule has 0 unspecified atom stereocenters. The van der Waals surface area contributed by atoms with Crippen LogP contribution in [0.4, 0.5) is 0 Å². The molecule has 34 heavy (non-hydrogen) atoms. The predicted octanol–water partition coefficient (Wildman–Crippen LogP) is 4.86. The predicted molar refractivity (Wildman–Crippen MR) is 135 cm³/mol. The zero-order valence-electron chi connectivity index (χ0n) is 19.3. The molecule has 0 radical (unpaired) electrons. The summed E-state index contributed by atoms with van der Waals surface area (Å²) in [6.07, 6.45) is 1.01. The summed E-state index contributed by atoms with van der Waals surface area (Å²) in [5, 5.41) is 1.10. The Morgan fingerprint density at radius 2 is 1.74 bits per heavy atom. The Hall–Kier alpha value is -3.35. The van der Waals surface area contributed by atoms with Crippen LogP contribution in [0.3, 0.4) is 0 Å². The monoisotopic (exact) mass is 478 g/mol. The number of nitrogens with zero attached hydrogens (tertiary/aromatic N) is 1. The molecule has 4 rings (SSSR count). The zero-order chi connectivity index (χ0) is 24.1. The first-order chi connectivity index (χ1) is 16.5. The fourth-order valence-corrected chi connectivity index (χ4v) is 4.30. The average Bonchev–Trinajstić information content (AvgIpc) is 2.82. The number of ether oxygens (including phenoxy) is 2. The quantitative estimate of drug-likeness (QED) is 0.349. The van der Waals surface area contributed by atoms with Crippen molar-refractivity contribution in [3.05, 3.63) is 109 Å². The summed E-state index contributed by atoms with van der Waals surface area (Å²) < 4.78 is 12.6.